The number of halogens is 1. The molecule has 1 aliphatic heterocycles. The normalized spacial score (nSPS) is 23.8. The molecule has 0 spiro atoms. The highest BCUT2D eigenvalue weighted by Gasteiger charge is 2.34. The minimum atomic E-state index is -2.93. The van der Waals surface area contributed by atoms with Crippen molar-refractivity contribution in [2.75, 3.05) is 11.5 Å². The molecule has 2 unspecified atom stereocenters. The van der Waals surface area contributed by atoms with E-state index in [4.69, 9.17) is 21.8 Å². The Morgan fingerprint density at radius 2 is 2.16 bits per heavy atom. The number of sulfone groups is 1. The largest absolute Gasteiger partial charge is 0.459 e. The third kappa shape index (κ3) is 2.50. The van der Waals surface area contributed by atoms with Crippen LogP contribution in [0.1, 0.15) is 18.2 Å². The fourth-order valence-corrected chi connectivity index (χ4v) is 4.57. The van der Waals surface area contributed by atoms with Gasteiger partial charge in [0.2, 0.25) is 0 Å². The Hall–Kier alpha value is -1.04. The summed E-state index contributed by atoms with van der Waals surface area (Å²) in [5.74, 6) is 0.920. The number of fused-ring (bicyclic) bond motifs is 1. The number of hydrogen-bond acceptors (Lipinski definition) is 4. The first-order valence-electron chi connectivity index (χ1n) is 6.10. The van der Waals surface area contributed by atoms with Crippen molar-refractivity contribution in [2.45, 2.75) is 12.5 Å². The minimum Gasteiger partial charge on any atom is -0.459 e. The predicted octanol–water partition coefficient (Wildman–Crippen LogP) is 2.52. The van der Waals surface area contributed by atoms with Crippen molar-refractivity contribution in [3.05, 3.63) is 35.0 Å². The van der Waals surface area contributed by atoms with E-state index in [1.165, 1.54) is 0 Å². The maximum Gasteiger partial charge on any atom is 0.150 e. The molecule has 1 aliphatic rings. The molecule has 2 heterocycles. The van der Waals surface area contributed by atoms with Gasteiger partial charge in [-0.2, -0.15) is 0 Å². The second kappa shape index (κ2) is 4.51. The third-order valence-electron chi connectivity index (χ3n) is 3.60. The van der Waals surface area contributed by atoms with Crippen molar-refractivity contribution in [1.82, 2.24) is 0 Å². The molecule has 1 aromatic heterocycles. The smallest absolute Gasteiger partial charge is 0.150 e. The summed E-state index contributed by atoms with van der Waals surface area (Å²) in [7, 11) is -2.93. The van der Waals surface area contributed by atoms with Gasteiger partial charge < -0.3 is 10.2 Å². The SMILES string of the molecule is NC(c1cc2cc(Cl)ccc2o1)C1CCS(=O)(=O)C1. The van der Waals surface area contributed by atoms with Crippen molar-refractivity contribution in [1.29, 1.82) is 0 Å². The van der Waals surface area contributed by atoms with E-state index in [1.807, 2.05) is 12.1 Å². The van der Waals surface area contributed by atoms with Crippen LogP contribution in [0.15, 0.2) is 28.7 Å². The lowest BCUT2D eigenvalue weighted by atomic mass is 9.98. The molecule has 1 saturated heterocycles. The molecule has 3 rings (SSSR count). The van der Waals surface area contributed by atoms with Crippen molar-refractivity contribution >= 4 is 32.4 Å². The Kier molecular flexibility index (Phi) is 3.08. The van der Waals surface area contributed by atoms with E-state index in [0.29, 0.717) is 17.2 Å². The lowest BCUT2D eigenvalue weighted by Crippen LogP contribution is -2.21. The fourth-order valence-electron chi connectivity index (χ4n) is 2.54. The molecule has 4 nitrogen and oxygen atoms in total. The molecule has 2 aromatic rings. The lowest BCUT2D eigenvalue weighted by molar-refractivity contribution is 0.402. The van der Waals surface area contributed by atoms with E-state index in [-0.39, 0.29) is 23.5 Å². The summed E-state index contributed by atoms with van der Waals surface area (Å²) in [5, 5.41) is 1.52. The number of hydrogen-bond donors (Lipinski definition) is 1. The van der Waals surface area contributed by atoms with Gasteiger partial charge in [0.15, 0.2) is 9.84 Å². The molecule has 0 radical (unpaired) electrons. The van der Waals surface area contributed by atoms with Crippen LogP contribution in [0.2, 0.25) is 5.02 Å². The summed E-state index contributed by atoms with van der Waals surface area (Å²) in [5.41, 5.74) is 6.85. The van der Waals surface area contributed by atoms with E-state index >= 15 is 0 Å². The van der Waals surface area contributed by atoms with E-state index in [2.05, 4.69) is 0 Å². The van der Waals surface area contributed by atoms with E-state index in [1.54, 1.807) is 12.1 Å². The fraction of sp³-hybridized carbons (Fsp3) is 0.385. The second-order valence-electron chi connectivity index (χ2n) is 5.02. The van der Waals surface area contributed by atoms with Crippen molar-refractivity contribution in [2.24, 2.45) is 11.7 Å². The average Bonchev–Trinajstić information content (AvgIpc) is 2.90. The van der Waals surface area contributed by atoms with Crippen LogP contribution in [0.25, 0.3) is 11.0 Å². The molecule has 6 heteroatoms. The molecular formula is C13H14ClNO3S. The van der Waals surface area contributed by atoms with Crippen LogP contribution in [0, 0.1) is 5.92 Å². The Bertz CT molecular complexity index is 723. The first-order chi connectivity index (χ1) is 8.94. The minimum absolute atomic E-state index is 0.0685. The summed E-state index contributed by atoms with van der Waals surface area (Å²) in [6, 6.07) is 6.81. The van der Waals surface area contributed by atoms with Gasteiger partial charge in [0.05, 0.1) is 17.5 Å². The molecule has 0 saturated carbocycles. The number of furan rings is 1. The maximum absolute atomic E-state index is 11.5. The zero-order valence-corrected chi connectivity index (χ0v) is 11.7. The van der Waals surface area contributed by atoms with Gasteiger partial charge >= 0.3 is 0 Å². The van der Waals surface area contributed by atoms with Gasteiger partial charge in [-0.1, -0.05) is 11.6 Å². The first kappa shape index (κ1) is 13.0. The van der Waals surface area contributed by atoms with Gasteiger partial charge in [-0.25, -0.2) is 8.42 Å². The van der Waals surface area contributed by atoms with Crippen LogP contribution in [0.5, 0.6) is 0 Å². The Balaban J connectivity index is 1.91. The van der Waals surface area contributed by atoms with Crippen LogP contribution in [-0.4, -0.2) is 19.9 Å². The summed E-state index contributed by atoms with van der Waals surface area (Å²) < 4.78 is 28.7. The average molecular weight is 300 g/mol. The zero-order chi connectivity index (χ0) is 13.6. The van der Waals surface area contributed by atoms with E-state index in [9.17, 15) is 8.42 Å². The molecule has 1 aromatic carbocycles. The van der Waals surface area contributed by atoms with Gasteiger partial charge in [0, 0.05) is 10.4 Å². The number of benzene rings is 1. The Labute approximate surface area is 116 Å². The third-order valence-corrected chi connectivity index (χ3v) is 5.63. The second-order valence-corrected chi connectivity index (χ2v) is 7.68. The Morgan fingerprint density at radius 1 is 1.37 bits per heavy atom. The molecule has 0 bridgehead atoms. The van der Waals surface area contributed by atoms with E-state index < -0.39 is 9.84 Å². The molecule has 1 fully saturated rings. The standard InChI is InChI=1S/C13H14ClNO3S/c14-10-1-2-11-9(5-10)6-12(18-11)13(15)8-3-4-19(16,17)7-8/h1-2,5-6,8,13H,3-4,7,15H2. The molecule has 102 valence electrons. The van der Waals surface area contributed by atoms with Gasteiger partial charge in [-0.05, 0) is 36.6 Å². The molecule has 19 heavy (non-hydrogen) atoms. The summed E-state index contributed by atoms with van der Waals surface area (Å²) >= 11 is 5.92. The van der Waals surface area contributed by atoms with Crippen molar-refractivity contribution in [3.8, 4) is 0 Å². The summed E-state index contributed by atoms with van der Waals surface area (Å²) in [6.45, 7) is 0. The molecular weight excluding hydrogens is 286 g/mol. The van der Waals surface area contributed by atoms with E-state index in [0.717, 1.165) is 11.0 Å². The molecule has 0 amide bonds. The maximum atomic E-state index is 11.5. The summed E-state index contributed by atoms with van der Waals surface area (Å²) in [6.07, 6.45) is 0.599. The van der Waals surface area contributed by atoms with Crippen molar-refractivity contribution < 1.29 is 12.8 Å². The lowest BCUT2D eigenvalue weighted by Gasteiger charge is -2.14. The number of nitrogens with two attached hydrogens (primary N) is 1. The van der Waals surface area contributed by atoms with Gasteiger partial charge in [-0.15, -0.1) is 0 Å². The highest BCUT2D eigenvalue weighted by Crippen LogP contribution is 2.33. The Morgan fingerprint density at radius 3 is 2.84 bits per heavy atom. The van der Waals surface area contributed by atoms with Crippen molar-refractivity contribution in [3.63, 3.8) is 0 Å². The predicted molar refractivity (Wildman–Crippen MR) is 74.9 cm³/mol. The van der Waals surface area contributed by atoms with Crippen LogP contribution in [0.3, 0.4) is 0 Å². The van der Waals surface area contributed by atoms with Gasteiger partial charge in [0.25, 0.3) is 0 Å². The van der Waals surface area contributed by atoms with Gasteiger partial charge in [-0.3, -0.25) is 0 Å². The highest BCUT2D eigenvalue weighted by atomic mass is 35.5. The van der Waals surface area contributed by atoms with Crippen LogP contribution in [0.4, 0.5) is 0 Å². The molecule has 2 N–H and O–H groups in total. The number of rotatable bonds is 2. The zero-order valence-electron chi connectivity index (χ0n) is 10.2. The monoisotopic (exact) mass is 299 g/mol. The summed E-state index contributed by atoms with van der Waals surface area (Å²) in [4.78, 5) is 0. The van der Waals surface area contributed by atoms with Crippen LogP contribution < -0.4 is 5.73 Å². The molecule has 0 aliphatic carbocycles. The van der Waals surface area contributed by atoms with Gasteiger partial charge in [0.1, 0.15) is 11.3 Å². The van der Waals surface area contributed by atoms with Crippen LogP contribution in [-0.2, 0) is 9.84 Å². The topological polar surface area (TPSA) is 73.3 Å². The molecule has 2 atom stereocenters. The highest BCUT2D eigenvalue weighted by molar-refractivity contribution is 7.91. The first-order valence-corrected chi connectivity index (χ1v) is 8.29. The quantitative estimate of drug-likeness (QED) is 0.925. The van der Waals surface area contributed by atoms with Crippen LogP contribution >= 0.6 is 11.6 Å².